The molecule has 1 aliphatic rings. The van der Waals surface area contributed by atoms with Crippen molar-refractivity contribution in [3.8, 4) is 5.75 Å². The number of ketones is 1. The Kier molecular flexibility index (Phi) is 9.46. The number of carbonyl (C=O) groups is 3. The van der Waals surface area contributed by atoms with E-state index in [2.05, 4.69) is 4.98 Å². The van der Waals surface area contributed by atoms with E-state index >= 15 is 0 Å². The third kappa shape index (κ3) is 5.78. The molecule has 1 aliphatic heterocycles. The number of likely N-dealkylation sites (N-methyl/N-ethyl adjacent to an activating group) is 2. The molecule has 0 radical (unpaired) electrons. The molecule has 11 heteroatoms. The second-order valence-electron chi connectivity index (χ2n) is 8.62. The molecule has 36 heavy (non-hydrogen) atoms. The van der Waals surface area contributed by atoms with E-state index in [0.717, 1.165) is 9.80 Å². The largest absolute Gasteiger partial charge is 0.501 e. The quantitative estimate of drug-likeness (QED) is 0.472. The van der Waals surface area contributed by atoms with Gasteiger partial charge in [0.15, 0.2) is 11.5 Å². The van der Waals surface area contributed by atoms with Crippen LogP contribution in [0.5, 0.6) is 5.75 Å². The summed E-state index contributed by atoms with van der Waals surface area (Å²) in [6.07, 6.45) is 0.632. The molecular weight excluding hydrogens is 471 g/mol. The fourth-order valence-corrected chi connectivity index (χ4v) is 3.88. The lowest BCUT2D eigenvalue weighted by Gasteiger charge is -2.28. The third-order valence-electron chi connectivity index (χ3n) is 6.03. The second-order valence-corrected chi connectivity index (χ2v) is 8.62. The fourth-order valence-electron chi connectivity index (χ4n) is 3.88. The van der Waals surface area contributed by atoms with Crippen LogP contribution < -0.4 is 5.56 Å². The van der Waals surface area contributed by atoms with Crippen LogP contribution in [-0.4, -0.2) is 76.4 Å². The summed E-state index contributed by atoms with van der Waals surface area (Å²) in [5.74, 6) is -3.31. The standard InChI is InChI=1S/C24H29FN4O6.CH4/c1-5-16-12-35-13-17(28(4)24(34)23(33)27(2)3)21-26-19(20(31)22(32)29(16)21)18(30)11-8-14-6-9-15(25)10-7-14;/h6-7,9-10,16-17,31H,5,8,11-13H2,1-4H3;1H4. The number of halogens is 1. The highest BCUT2D eigenvalue weighted by Gasteiger charge is 2.36. The first-order valence-electron chi connectivity index (χ1n) is 11.3. The van der Waals surface area contributed by atoms with Gasteiger partial charge < -0.3 is 19.6 Å². The van der Waals surface area contributed by atoms with Gasteiger partial charge in [-0.15, -0.1) is 0 Å². The zero-order valence-corrected chi connectivity index (χ0v) is 20.2. The van der Waals surface area contributed by atoms with Crippen LogP contribution >= 0.6 is 0 Å². The van der Waals surface area contributed by atoms with Gasteiger partial charge in [-0.2, -0.15) is 0 Å². The van der Waals surface area contributed by atoms with E-state index < -0.39 is 52.5 Å². The molecule has 10 nitrogen and oxygen atoms in total. The number of nitrogens with zero attached hydrogens (tertiary/aromatic N) is 4. The topological polar surface area (TPSA) is 122 Å². The number of hydrogen-bond acceptors (Lipinski definition) is 7. The van der Waals surface area contributed by atoms with Gasteiger partial charge in [0.2, 0.25) is 5.75 Å². The Labute approximate surface area is 209 Å². The van der Waals surface area contributed by atoms with E-state index in [-0.39, 0.29) is 39.3 Å². The van der Waals surface area contributed by atoms with Crippen molar-refractivity contribution in [3.63, 3.8) is 0 Å². The summed E-state index contributed by atoms with van der Waals surface area (Å²) in [7, 11) is 4.28. The average Bonchev–Trinajstić information content (AvgIpc) is 3.03. The maximum Gasteiger partial charge on any atom is 0.312 e. The van der Waals surface area contributed by atoms with Gasteiger partial charge in [0.05, 0.1) is 19.3 Å². The number of aromatic hydroxyl groups is 1. The zero-order valence-electron chi connectivity index (χ0n) is 20.2. The number of hydrogen-bond donors (Lipinski definition) is 1. The Bertz CT molecular complexity index is 1180. The number of carbonyl (C=O) groups excluding carboxylic acids is 3. The monoisotopic (exact) mass is 504 g/mol. The number of benzene rings is 1. The SMILES string of the molecule is C.CCC1COCC(N(C)C(=O)C(=O)N(C)C)c2nc(C(=O)CCc3ccc(F)cc3)c(O)c(=O)n21. The molecule has 196 valence electrons. The van der Waals surface area contributed by atoms with Gasteiger partial charge in [0.1, 0.15) is 17.7 Å². The minimum atomic E-state index is -0.945. The number of ether oxygens (including phenoxy) is 1. The molecule has 3 rings (SSSR count). The number of rotatable bonds is 6. The summed E-state index contributed by atoms with van der Waals surface area (Å²) in [6, 6.07) is 4.22. The molecule has 0 saturated heterocycles. The lowest BCUT2D eigenvalue weighted by molar-refractivity contribution is -0.151. The van der Waals surface area contributed by atoms with E-state index in [0.29, 0.717) is 12.0 Å². The molecule has 1 N–H and O–H groups in total. The molecule has 0 bridgehead atoms. The second kappa shape index (κ2) is 11.9. The lowest BCUT2D eigenvalue weighted by Crippen LogP contribution is -2.44. The molecule has 0 fully saturated rings. The van der Waals surface area contributed by atoms with E-state index in [9.17, 15) is 28.7 Å². The molecule has 2 heterocycles. The Morgan fingerprint density at radius 2 is 1.78 bits per heavy atom. The first kappa shape index (κ1) is 28.6. The number of Topliss-reactive ketones (excluding diaryl/α,β-unsaturated/α-hetero) is 1. The van der Waals surface area contributed by atoms with Gasteiger partial charge in [0, 0.05) is 27.6 Å². The van der Waals surface area contributed by atoms with Gasteiger partial charge in [-0.25, -0.2) is 9.37 Å². The molecule has 0 spiro atoms. The third-order valence-corrected chi connectivity index (χ3v) is 6.03. The van der Waals surface area contributed by atoms with Crippen LogP contribution in [-0.2, 0) is 20.7 Å². The van der Waals surface area contributed by atoms with Crippen molar-refractivity contribution in [1.82, 2.24) is 19.4 Å². The van der Waals surface area contributed by atoms with Crippen molar-refractivity contribution in [3.05, 3.63) is 57.5 Å². The van der Waals surface area contributed by atoms with Crippen LogP contribution in [0.15, 0.2) is 29.1 Å². The van der Waals surface area contributed by atoms with Crippen LogP contribution in [0.2, 0.25) is 0 Å². The van der Waals surface area contributed by atoms with Crippen molar-refractivity contribution in [1.29, 1.82) is 0 Å². The maximum absolute atomic E-state index is 13.2. The molecule has 1 aromatic carbocycles. The first-order valence-corrected chi connectivity index (χ1v) is 11.3. The molecular formula is C25H33FN4O6. The predicted octanol–water partition coefficient (Wildman–Crippen LogP) is 2.11. The minimum Gasteiger partial charge on any atom is -0.501 e. The van der Waals surface area contributed by atoms with Crippen molar-refractivity contribution < 1.29 is 28.6 Å². The van der Waals surface area contributed by atoms with Crippen LogP contribution in [0.25, 0.3) is 0 Å². The summed E-state index contributed by atoms with van der Waals surface area (Å²) in [4.78, 5) is 57.8. The predicted molar refractivity (Wildman–Crippen MR) is 130 cm³/mol. The molecule has 2 atom stereocenters. The van der Waals surface area contributed by atoms with Gasteiger partial charge in [-0.3, -0.25) is 23.7 Å². The normalized spacial score (nSPS) is 16.8. The maximum atomic E-state index is 13.2. The summed E-state index contributed by atoms with van der Waals surface area (Å²) < 4.78 is 20.1. The Hall–Kier alpha value is -3.60. The smallest absolute Gasteiger partial charge is 0.312 e. The lowest BCUT2D eigenvalue weighted by atomic mass is 10.0. The molecule has 2 amide bonds. The highest BCUT2D eigenvalue weighted by Crippen LogP contribution is 2.28. The van der Waals surface area contributed by atoms with Crippen molar-refractivity contribution in [2.45, 2.75) is 45.7 Å². The molecule has 0 aliphatic carbocycles. The van der Waals surface area contributed by atoms with E-state index in [4.69, 9.17) is 4.74 Å². The van der Waals surface area contributed by atoms with Crippen LogP contribution in [0, 0.1) is 5.82 Å². The average molecular weight is 505 g/mol. The summed E-state index contributed by atoms with van der Waals surface area (Å²) in [6.45, 7) is 1.90. The summed E-state index contributed by atoms with van der Waals surface area (Å²) in [5.41, 5.74) is -0.525. The Morgan fingerprint density at radius 1 is 1.14 bits per heavy atom. The number of aryl methyl sites for hydroxylation is 1. The number of amides is 2. The molecule has 2 aromatic rings. The van der Waals surface area contributed by atoms with Crippen LogP contribution in [0.4, 0.5) is 4.39 Å². The van der Waals surface area contributed by atoms with E-state index in [1.165, 1.54) is 37.8 Å². The molecule has 0 saturated carbocycles. The van der Waals surface area contributed by atoms with Crippen molar-refractivity contribution >= 4 is 17.6 Å². The van der Waals surface area contributed by atoms with Gasteiger partial charge >= 0.3 is 11.8 Å². The van der Waals surface area contributed by atoms with E-state index in [1.807, 2.05) is 6.92 Å². The Morgan fingerprint density at radius 3 is 2.36 bits per heavy atom. The van der Waals surface area contributed by atoms with Crippen molar-refractivity contribution in [2.24, 2.45) is 0 Å². The van der Waals surface area contributed by atoms with Gasteiger partial charge in [0.25, 0.3) is 5.56 Å². The summed E-state index contributed by atoms with van der Waals surface area (Å²) >= 11 is 0. The molecule has 1 aromatic heterocycles. The van der Waals surface area contributed by atoms with Gasteiger partial charge in [-0.05, 0) is 30.5 Å². The van der Waals surface area contributed by atoms with E-state index in [1.54, 1.807) is 12.1 Å². The number of fused-ring (bicyclic) bond motifs is 1. The Balaban J connectivity index is 0.00000456. The number of aromatic nitrogens is 2. The fraction of sp³-hybridized carbons (Fsp3) is 0.480. The summed E-state index contributed by atoms with van der Waals surface area (Å²) in [5, 5.41) is 10.6. The zero-order chi connectivity index (χ0) is 25.9. The molecule has 2 unspecified atom stereocenters. The minimum absolute atomic E-state index is 0. The van der Waals surface area contributed by atoms with Gasteiger partial charge in [-0.1, -0.05) is 26.5 Å². The highest BCUT2D eigenvalue weighted by atomic mass is 19.1. The van der Waals surface area contributed by atoms with Crippen LogP contribution in [0.3, 0.4) is 0 Å². The van der Waals surface area contributed by atoms with Crippen molar-refractivity contribution in [2.75, 3.05) is 34.4 Å². The highest BCUT2D eigenvalue weighted by molar-refractivity contribution is 6.34. The van der Waals surface area contributed by atoms with Crippen LogP contribution in [0.1, 0.15) is 61.2 Å². The first-order chi connectivity index (χ1) is 16.6.